The topological polar surface area (TPSA) is 60.4 Å². The average molecular weight is 330 g/mol. The maximum Gasteiger partial charge on any atom is 0.306 e. The third-order valence-corrected chi connectivity index (χ3v) is 2.01. The summed E-state index contributed by atoms with van der Waals surface area (Å²) in [7, 11) is 0. The standard InChI is InChI=1S/C7H8.C6H10O3S.C2H4OS/c1-7-5-3-2-4-6-7;1-2-9-5(7)3-4-6(8)10;1-2(3)4/h2-6H,1H3;2-4H2,1H3,(H,8,10);1H3,(H,3,4). The van der Waals surface area contributed by atoms with E-state index in [0.717, 1.165) is 0 Å². The molecule has 0 amide bonds. The number of rotatable bonds is 4. The van der Waals surface area contributed by atoms with Crippen LogP contribution in [0.2, 0.25) is 0 Å². The predicted octanol–water partition coefficient (Wildman–Crippen LogP) is 3.24. The maximum absolute atomic E-state index is 10.5. The number of aryl methyl sites for hydroxylation is 1. The fourth-order valence-electron chi connectivity index (χ4n) is 0.977. The Kier molecular flexibility index (Phi) is 15.9. The Morgan fingerprint density at radius 1 is 1.05 bits per heavy atom. The first-order valence-corrected chi connectivity index (χ1v) is 7.27. The van der Waals surface area contributed by atoms with Gasteiger partial charge in [-0.2, -0.15) is 0 Å². The van der Waals surface area contributed by atoms with Crippen molar-refractivity contribution >= 4 is 41.5 Å². The van der Waals surface area contributed by atoms with Crippen LogP contribution >= 0.6 is 25.3 Å². The third kappa shape index (κ3) is 24.2. The molecule has 0 spiro atoms. The lowest BCUT2D eigenvalue weighted by Crippen LogP contribution is -2.04. The van der Waals surface area contributed by atoms with Crippen LogP contribution in [0.5, 0.6) is 0 Å². The molecule has 21 heavy (non-hydrogen) atoms. The van der Waals surface area contributed by atoms with Crippen LogP contribution in [-0.4, -0.2) is 22.8 Å². The Balaban J connectivity index is 0. The normalized spacial score (nSPS) is 8.43. The molecule has 6 heteroatoms. The lowest BCUT2D eigenvalue weighted by atomic mass is 10.2. The highest BCUT2D eigenvalue weighted by molar-refractivity contribution is 7.96. The predicted molar refractivity (Wildman–Crippen MR) is 90.7 cm³/mol. The second kappa shape index (κ2) is 15.1. The number of hydrogen-bond donors (Lipinski definition) is 2. The number of benzene rings is 1. The fraction of sp³-hybridized carbons (Fsp3) is 0.400. The Hall–Kier alpha value is -1.27. The zero-order chi connectivity index (χ0) is 16.7. The molecule has 0 N–H and O–H groups in total. The molecule has 4 nitrogen and oxygen atoms in total. The zero-order valence-corrected chi connectivity index (χ0v) is 14.3. The van der Waals surface area contributed by atoms with Gasteiger partial charge in [0.15, 0.2) is 10.2 Å². The van der Waals surface area contributed by atoms with Gasteiger partial charge in [0.05, 0.1) is 13.0 Å². The molecule has 0 saturated carbocycles. The van der Waals surface area contributed by atoms with Crippen LogP contribution in [-0.2, 0) is 19.1 Å². The van der Waals surface area contributed by atoms with Crippen molar-refractivity contribution in [1.29, 1.82) is 0 Å². The lowest BCUT2D eigenvalue weighted by molar-refractivity contribution is -0.143. The van der Waals surface area contributed by atoms with E-state index in [1.165, 1.54) is 12.5 Å². The molecule has 0 aliphatic rings. The van der Waals surface area contributed by atoms with Gasteiger partial charge in [0, 0.05) is 13.3 Å². The summed E-state index contributed by atoms with van der Waals surface area (Å²) >= 11 is 6.82. The maximum atomic E-state index is 10.5. The van der Waals surface area contributed by atoms with Crippen molar-refractivity contribution in [3.63, 3.8) is 0 Å². The van der Waals surface area contributed by atoms with E-state index in [9.17, 15) is 14.4 Å². The summed E-state index contributed by atoms with van der Waals surface area (Å²) in [6, 6.07) is 10.3. The summed E-state index contributed by atoms with van der Waals surface area (Å²) in [5.74, 6) is -0.343. The molecular formula is C15H22O4S2. The SMILES string of the molecule is CC(=O)S.CCOC(=O)CCC(=O)S.Cc1ccccc1. The summed E-state index contributed by atoms with van der Waals surface area (Å²) in [6.07, 6.45) is 0.290. The van der Waals surface area contributed by atoms with Gasteiger partial charge in [-0.1, -0.05) is 35.9 Å². The Morgan fingerprint density at radius 3 is 1.81 bits per heavy atom. The quantitative estimate of drug-likeness (QED) is 0.657. The van der Waals surface area contributed by atoms with Crippen molar-refractivity contribution in [1.82, 2.24) is 0 Å². The summed E-state index contributed by atoms with van der Waals surface area (Å²) in [4.78, 5) is 30.1. The van der Waals surface area contributed by atoms with Gasteiger partial charge < -0.3 is 4.74 Å². The number of esters is 1. The van der Waals surface area contributed by atoms with Crippen LogP contribution in [0.1, 0.15) is 32.3 Å². The molecule has 0 saturated heterocycles. The van der Waals surface area contributed by atoms with Crippen LogP contribution in [0.15, 0.2) is 30.3 Å². The van der Waals surface area contributed by atoms with Gasteiger partial charge in [0.1, 0.15) is 0 Å². The minimum Gasteiger partial charge on any atom is -0.466 e. The highest BCUT2D eigenvalue weighted by Gasteiger charge is 2.02. The van der Waals surface area contributed by atoms with Crippen LogP contribution in [0.3, 0.4) is 0 Å². The highest BCUT2D eigenvalue weighted by atomic mass is 32.1. The van der Waals surface area contributed by atoms with Crippen LogP contribution in [0.4, 0.5) is 0 Å². The summed E-state index contributed by atoms with van der Waals surface area (Å²) in [6.45, 7) is 5.56. The second-order valence-electron chi connectivity index (χ2n) is 3.87. The molecule has 0 bridgehead atoms. The number of carbonyl (C=O) groups excluding carboxylic acids is 3. The molecule has 118 valence electrons. The van der Waals surface area contributed by atoms with Crippen molar-refractivity contribution in [2.45, 2.75) is 33.6 Å². The molecule has 0 aromatic heterocycles. The average Bonchev–Trinajstić information content (AvgIpc) is 2.38. The van der Waals surface area contributed by atoms with Crippen LogP contribution in [0, 0.1) is 6.92 Å². The van der Waals surface area contributed by atoms with Gasteiger partial charge in [-0.25, -0.2) is 0 Å². The monoisotopic (exact) mass is 330 g/mol. The molecule has 0 aliphatic heterocycles. The highest BCUT2D eigenvalue weighted by Crippen LogP contribution is 1.95. The van der Waals surface area contributed by atoms with E-state index >= 15 is 0 Å². The van der Waals surface area contributed by atoms with Crippen molar-refractivity contribution in [2.24, 2.45) is 0 Å². The minimum absolute atomic E-state index is 0.135. The number of ether oxygens (including phenoxy) is 1. The Labute approximate surface area is 137 Å². The first kappa shape index (κ1) is 22.0. The Morgan fingerprint density at radius 2 is 1.52 bits per heavy atom. The van der Waals surface area contributed by atoms with Crippen LogP contribution in [0.25, 0.3) is 0 Å². The summed E-state index contributed by atoms with van der Waals surface area (Å²) < 4.78 is 4.57. The van der Waals surface area contributed by atoms with Gasteiger partial charge in [0.25, 0.3) is 0 Å². The van der Waals surface area contributed by atoms with Crippen molar-refractivity contribution in [3.05, 3.63) is 35.9 Å². The van der Waals surface area contributed by atoms with E-state index < -0.39 is 0 Å². The van der Waals surface area contributed by atoms with Gasteiger partial charge in [-0.05, 0) is 13.8 Å². The molecular weight excluding hydrogens is 308 g/mol. The molecule has 0 aliphatic carbocycles. The summed E-state index contributed by atoms with van der Waals surface area (Å²) in [5.41, 5.74) is 1.32. The van der Waals surface area contributed by atoms with E-state index in [1.807, 2.05) is 18.2 Å². The smallest absolute Gasteiger partial charge is 0.306 e. The molecule has 0 atom stereocenters. The van der Waals surface area contributed by atoms with E-state index in [-0.39, 0.29) is 29.0 Å². The minimum atomic E-state index is -0.343. The van der Waals surface area contributed by atoms with Gasteiger partial charge in [-0.15, -0.1) is 25.3 Å². The van der Waals surface area contributed by atoms with E-state index in [4.69, 9.17) is 0 Å². The molecule has 1 rings (SSSR count). The van der Waals surface area contributed by atoms with Gasteiger partial charge in [0.2, 0.25) is 0 Å². The fourth-order valence-corrected chi connectivity index (χ4v) is 1.09. The number of thiol groups is 2. The van der Waals surface area contributed by atoms with E-state index in [2.05, 4.69) is 49.1 Å². The molecule has 0 unspecified atom stereocenters. The molecule has 0 radical (unpaired) electrons. The zero-order valence-electron chi connectivity index (χ0n) is 12.5. The van der Waals surface area contributed by atoms with Gasteiger partial charge in [-0.3, -0.25) is 14.4 Å². The van der Waals surface area contributed by atoms with Gasteiger partial charge >= 0.3 is 5.97 Å². The number of hydrogen-bond acceptors (Lipinski definition) is 4. The molecule has 0 fully saturated rings. The van der Waals surface area contributed by atoms with Crippen molar-refractivity contribution in [3.8, 4) is 0 Å². The van der Waals surface area contributed by atoms with E-state index in [1.54, 1.807) is 6.92 Å². The largest absolute Gasteiger partial charge is 0.466 e. The second-order valence-corrected chi connectivity index (χ2v) is 5.00. The third-order valence-electron chi connectivity index (χ3n) is 1.79. The number of carbonyl (C=O) groups is 3. The molecule has 1 aromatic rings. The lowest BCUT2D eigenvalue weighted by Gasteiger charge is -1.97. The first-order chi connectivity index (χ1) is 9.79. The van der Waals surface area contributed by atoms with Crippen molar-refractivity contribution < 1.29 is 19.1 Å². The van der Waals surface area contributed by atoms with Crippen LogP contribution < -0.4 is 0 Å². The first-order valence-electron chi connectivity index (χ1n) is 6.38. The Bertz CT molecular complexity index is 415. The van der Waals surface area contributed by atoms with E-state index in [0.29, 0.717) is 6.61 Å². The van der Waals surface area contributed by atoms with Crippen molar-refractivity contribution in [2.75, 3.05) is 6.61 Å². The molecule has 0 heterocycles. The molecule has 1 aromatic carbocycles. The summed E-state index contributed by atoms with van der Waals surface area (Å²) in [5, 5.41) is -0.423.